The predicted molar refractivity (Wildman–Crippen MR) is 69.4 cm³/mol. The second-order valence-electron chi connectivity index (χ2n) is 4.17. The fourth-order valence-electron chi connectivity index (χ4n) is 1.82. The third-order valence-electron chi connectivity index (χ3n) is 2.88. The molecule has 0 aliphatic rings. The van der Waals surface area contributed by atoms with Crippen LogP contribution in [0.2, 0.25) is 0 Å². The van der Waals surface area contributed by atoms with Crippen molar-refractivity contribution in [3.8, 4) is 0 Å². The Kier molecular flexibility index (Phi) is 4.17. The van der Waals surface area contributed by atoms with Crippen molar-refractivity contribution in [2.45, 2.75) is 25.9 Å². The first-order chi connectivity index (χ1) is 9.22. The van der Waals surface area contributed by atoms with Gasteiger partial charge in [-0.25, -0.2) is 14.8 Å². The van der Waals surface area contributed by atoms with Crippen LogP contribution >= 0.6 is 0 Å². The third kappa shape index (κ3) is 3.12. The number of nitrogens with zero attached hydrogens (tertiary/aromatic N) is 4. The van der Waals surface area contributed by atoms with Gasteiger partial charge < -0.3 is 19.6 Å². The van der Waals surface area contributed by atoms with Crippen LogP contribution in [0.3, 0.4) is 0 Å². The highest BCUT2D eigenvalue weighted by molar-refractivity contribution is 5.91. The zero-order valence-corrected chi connectivity index (χ0v) is 10.8. The number of methoxy groups -OCH3 is 1. The van der Waals surface area contributed by atoms with Gasteiger partial charge in [0.05, 0.1) is 19.8 Å². The van der Waals surface area contributed by atoms with Gasteiger partial charge in [0, 0.05) is 25.5 Å². The molecule has 0 unspecified atom stereocenters. The van der Waals surface area contributed by atoms with E-state index in [1.54, 1.807) is 23.4 Å². The molecule has 0 bridgehead atoms. The molecule has 102 valence electrons. The fourth-order valence-corrected chi connectivity index (χ4v) is 1.82. The maximum absolute atomic E-state index is 11.3. The maximum atomic E-state index is 11.3. The van der Waals surface area contributed by atoms with Crippen LogP contribution in [0.1, 0.15) is 23.3 Å². The summed E-state index contributed by atoms with van der Waals surface area (Å²) in [5, 5.41) is 0. The summed E-state index contributed by atoms with van der Waals surface area (Å²) in [6.07, 6.45) is 9.00. The van der Waals surface area contributed by atoms with Crippen LogP contribution in [-0.2, 0) is 17.8 Å². The number of imidazole rings is 2. The Morgan fingerprint density at radius 3 is 2.84 bits per heavy atom. The molecule has 0 radical (unpaired) electrons. The van der Waals surface area contributed by atoms with Crippen molar-refractivity contribution < 1.29 is 9.53 Å². The molecule has 0 saturated heterocycles. The molecular formula is C12H17N5O2. The zero-order valence-electron chi connectivity index (χ0n) is 10.8. The molecule has 0 amide bonds. The highest BCUT2D eigenvalue weighted by Crippen LogP contribution is 2.12. The number of aryl methyl sites for hydroxylation is 2. The number of nitrogen functional groups attached to an aromatic ring is 1. The van der Waals surface area contributed by atoms with Crippen molar-refractivity contribution in [1.29, 1.82) is 0 Å². The lowest BCUT2D eigenvalue weighted by atomic mass is 10.3. The van der Waals surface area contributed by atoms with Gasteiger partial charge >= 0.3 is 5.97 Å². The van der Waals surface area contributed by atoms with E-state index in [4.69, 9.17) is 5.73 Å². The van der Waals surface area contributed by atoms with Crippen LogP contribution in [0, 0.1) is 0 Å². The number of hydrogen-bond acceptors (Lipinski definition) is 5. The minimum Gasteiger partial charge on any atom is -0.464 e. The standard InChI is InChI=1S/C12H17N5O2/c1-19-12(18)10-11(13)17(9-15-10)6-3-2-5-16-7-4-14-8-16/h4,7-9H,2-3,5-6,13H2,1H3. The van der Waals surface area contributed by atoms with Gasteiger partial charge in [0.2, 0.25) is 0 Å². The first-order valence-corrected chi connectivity index (χ1v) is 6.07. The number of nitrogens with two attached hydrogens (primary N) is 1. The van der Waals surface area contributed by atoms with E-state index in [1.165, 1.54) is 7.11 Å². The second-order valence-corrected chi connectivity index (χ2v) is 4.17. The van der Waals surface area contributed by atoms with E-state index in [-0.39, 0.29) is 5.69 Å². The van der Waals surface area contributed by atoms with Gasteiger partial charge in [0.25, 0.3) is 0 Å². The SMILES string of the molecule is COC(=O)c1ncn(CCCCn2ccnc2)c1N. The van der Waals surface area contributed by atoms with Gasteiger partial charge in [-0.15, -0.1) is 0 Å². The van der Waals surface area contributed by atoms with E-state index in [0.717, 1.165) is 25.9 Å². The molecule has 7 nitrogen and oxygen atoms in total. The first-order valence-electron chi connectivity index (χ1n) is 6.07. The van der Waals surface area contributed by atoms with Crippen molar-refractivity contribution in [3.63, 3.8) is 0 Å². The summed E-state index contributed by atoms with van der Waals surface area (Å²) in [5.41, 5.74) is 6.02. The lowest BCUT2D eigenvalue weighted by molar-refractivity contribution is 0.0596. The van der Waals surface area contributed by atoms with Gasteiger partial charge in [-0.3, -0.25) is 0 Å². The van der Waals surface area contributed by atoms with Crippen LogP contribution in [0.5, 0.6) is 0 Å². The van der Waals surface area contributed by atoms with E-state index in [2.05, 4.69) is 14.7 Å². The van der Waals surface area contributed by atoms with Crippen LogP contribution in [0.4, 0.5) is 5.82 Å². The fraction of sp³-hybridized carbons (Fsp3) is 0.417. The first kappa shape index (κ1) is 13.1. The Labute approximate surface area is 111 Å². The highest BCUT2D eigenvalue weighted by Gasteiger charge is 2.15. The Balaban J connectivity index is 1.83. The molecule has 2 heterocycles. The molecule has 2 aromatic heterocycles. The quantitative estimate of drug-likeness (QED) is 0.618. The number of ether oxygens (including phenoxy) is 1. The molecule has 2 rings (SSSR count). The molecule has 0 aliphatic carbocycles. The molecule has 2 N–H and O–H groups in total. The molecule has 7 heteroatoms. The topological polar surface area (TPSA) is 88.0 Å². The number of carbonyl (C=O) groups is 1. The highest BCUT2D eigenvalue weighted by atomic mass is 16.5. The Morgan fingerprint density at radius 1 is 1.37 bits per heavy atom. The van der Waals surface area contributed by atoms with Crippen molar-refractivity contribution in [3.05, 3.63) is 30.7 Å². The minimum atomic E-state index is -0.505. The number of carbonyl (C=O) groups excluding carboxylic acids is 1. The van der Waals surface area contributed by atoms with Crippen molar-refractivity contribution in [1.82, 2.24) is 19.1 Å². The number of hydrogen-bond donors (Lipinski definition) is 1. The monoisotopic (exact) mass is 263 g/mol. The van der Waals surface area contributed by atoms with Gasteiger partial charge in [0.1, 0.15) is 5.82 Å². The average Bonchev–Trinajstić information content (AvgIpc) is 3.04. The van der Waals surface area contributed by atoms with Crippen molar-refractivity contribution in [2.24, 2.45) is 0 Å². The van der Waals surface area contributed by atoms with Gasteiger partial charge in [-0.1, -0.05) is 0 Å². The normalized spacial score (nSPS) is 10.6. The number of aromatic nitrogens is 4. The van der Waals surface area contributed by atoms with Gasteiger partial charge in [0.15, 0.2) is 5.69 Å². The van der Waals surface area contributed by atoms with Crippen LogP contribution in [-0.4, -0.2) is 32.2 Å². The minimum absolute atomic E-state index is 0.178. The van der Waals surface area contributed by atoms with Crippen LogP contribution in [0.25, 0.3) is 0 Å². The van der Waals surface area contributed by atoms with E-state index in [9.17, 15) is 4.79 Å². The summed E-state index contributed by atoms with van der Waals surface area (Å²) in [7, 11) is 1.31. The summed E-state index contributed by atoms with van der Waals surface area (Å²) in [4.78, 5) is 19.3. The molecule has 0 atom stereocenters. The average molecular weight is 263 g/mol. The molecule has 0 aromatic carbocycles. The Morgan fingerprint density at radius 2 is 2.16 bits per heavy atom. The Bertz CT molecular complexity index is 532. The maximum Gasteiger partial charge on any atom is 0.360 e. The lowest BCUT2D eigenvalue weighted by Crippen LogP contribution is -2.08. The van der Waals surface area contributed by atoms with Crippen LogP contribution < -0.4 is 5.73 Å². The predicted octanol–water partition coefficient (Wildman–Crippen LogP) is 0.929. The van der Waals surface area contributed by atoms with E-state index >= 15 is 0 Å². The number of rotatable bonds is 6. The lowest BCUT2D eigenvalue weighted by Gasteiger charge is -2.06. The summed E-state index contributed by atoms with van der Waals surface area (Å²) in [6.45, 7) is 1.64. The molecule has 19 heavy (non-hydrogen) atoms. The summed E-state index contributed by atoms with van der Waals surface area (Å²) < 4.78 is 8.39. The summed E-state index contributed by atoms with van der Waals surface area (Å²) >= 11 is 0. The second kappa shape index (κ2) is 6.03. The third-order valence-corrected chi connectivity index (χ3v) is 2.88. The molecule has 0 aliphatic heterocycles. The largest absolute Gasteiger partial charge is 0.464 e. The van der Waals surface area contributed by atoms with Gasteiger partial charge in [-0.2, -0.15) is 0 Å². The smallest absolute Gasteiger partial charge is 0.360 e. The van der Waals surface area contributed by atoms with Crippen molar-refractivity contribution >= 4 is 11.8 Å². The van der Waals surface area contributed by atoms with E-state index in [1.807, 2.05) is 10.8 Å². The zero-order chi connectivity index (χ0) is 13.7. The molecule has 0 fully saturated rings. The van der Waals surface area contributed by atoms with Gasteiger partial charge in [-0.05, 0) is 12.8 Å². The summed E-state index contributed by atoms with van der Waals surface area (Å²) in [6, 6.07) is 0. The van der Waals surface area contributed by atoms with E-state index < -0.39 is 5.97 Å². The molecular weight excluding hydrogens is 246 g/mol. The van der Waals surface area contributed by atoms with Crippen LogP contribution in [0.15, 0.2) is 25.0 Å². The molecule has 2 aromatic rings. The Hall–Kier alpha value is -2.31. The molecule has 0 spiro atoms. The number of esters is 1. The number of unbranched alkanes of at least 4 members (excludes halogenated alkanes) is 1. The summed E-state index contributed by atoms with van der Waals surface area (Å²) in [5.74, 6) is -0.149. The van der Waals surface area contributed by atoms with Crippen molar-refractivity contribution in [2.75, 3.05) is 12.8 Å². The molecule has 0 saturated carbocycles. The van der Waals surface area contributed by atoms with E-state index in [0.29, 0.717) is 5.82 Å². The number of anilines is 1.